The molecule has 184 valence electrons. The van der Waals surface area contributed by atoms with Crippen LogP contribution in [0.2, 0.25) is 0 Å². The number of hydrogen-bond donors (Lipinski definition) is 0. The first-order chi connectivity index (χ1) is 19.3. The monoisotopic (exact) mass is 518 g/mol. The molecule has 2 heterocycles. The SMILES string of the molecule is c1ccc(-c2ccc(-c3nc(-c4ccccc4)nc(-c4ccc5nc(-c6ccccc6)sc5c4)n3)cc2)cc1. The molecule has 0 atom stereocenters. The Labute approximate surface area is 230 Å². The van der Waals surface area contributed by atoms with Crippen LogP contribution in [0.1, 0.15) is 0 Å². The second-order valence-electron chi connectivity index (χ2n) is 9.18. The quantitative estimate of drug-likeness (QED) is 0.228. The molecule has 5 aromatic carbocycles. The molecule has 0 saturated heterocycles. The molecule has 0 bridgehead atoms. The zero-order valence-corrected chi connectivity index (χ0v) is 21.7. The lowest BCUT2D eigenvalue weighted by molar-refractivity contribution is 1.07. The predicted octanol–water partition coefficient (Wildman–Crippen LogP) is 8.82. The lowest BCUT2D eigenvalue weighted by atomic mass is 10.0. The first-order valence-corrected chi connectivity index (χ1v) is 13.6. The molecule has 5 heteroatoms. The van der Waals surface area contributed by atoms with Crippen LogP contribution in [-0.4, -0.2) is 19.9 Å². The van der Waals surface area contributed by atoms with Crippen molar-refractivity contribution in [3.8, 4) is 55.9 Å². The van der Waals surface area contributed by atoms with Crippen LogP contribution in [0.25, 0.3) is 66.1 Å². The number of aromatic nitrogens is 4. The minimum absolute atomic E-state index is 0.641. The van der Waals surface area contributed by atoms with E-state index in [-0.39, 0.29) is 0 Å². The molecule has 0 N–H and O–H groups in total. The highest BCUT2D eigenvalue weighted by Crippen LogP contribution is 2.33. The van der Waals surface area contributed by atoms with E-state index < -0.39 is 0 Å². The fraction of sp³-hybridized carbons (Fsp3) is 0. The van der Waals surface area contributed by atoms with E-state index in [1.54, 1.807) is 11.3 Å². The second kappa shape index (κ2) is 10.0. The van der Waals surface area contributed by atoms with Crippen LogP contribution >= 0.6 is 11.3 Å². The number of hydrogen-bond acceptors (Lipinski definition) is 5. The molecule has 39 heavy (non-hydrogen) atoms. The Kier molecular flexibility index (Phi) is 5.96. The summed E-state index contributed by atoms with van der Waals surface area (Å²) in [6.45, 7) is 0. The van der Waals surface area contributed by atoms with E-state index >= 15 is 0 Å². The predicted molar refractivity (Wildman–Crippen MR) is 160 cm³/mol. The Hall–Kier alpha value is -5.00. The molecule has 0 spiro atoms. The Morgan fingerprint density at radius 3 is 1.41 bits per heavy atom. The average molecular weight is 519 g/mol. The number of rotatable bonds is 5. The van der Waals surface area contributed by atoms with Crippen LogP contribution in [0.5, 0.6) is 0 Å². The number of thiazole rings is 1. The van der Waals surface area contributed by atoms with Gasteiger partial charge in [0, 0.05) is 22.3 Å². The summed E-state index contributed by atoms with van der Waals surface area (Å²) in [4.78, 5) is 19.6. The zero-order valence-electron chi connectivity index (χ0n) is 20.9. The maximum atomic E-state index is 4.94. The smallest absolute Gasteiger partial charge is 0.164 e. The summed E-state index contributed by atoms with van der Waals surface area (Å²) in [5.74, 6) is 1.94. The van der Waals surface area contributed by atoms with E-state index in [2.05, 4.69) is 66.7 Å². The largest absolute Gasteiger partial charge is 0.236 e. The topological polar surface area (TPSA) is 51.6 Å². The summed E-state index contributed by atoms with van der Waals surface area (Å²) in [7, 11) is 0. The minimum atomic E-state index is 0.641. The van der Waals surface area contributed by atoms with Gasteiger partial charge in [-0.15, -0.1) is 11.3 Å². The lowest BCUT2D eigenvalue weighted by Gasteiger charge is -2.09. The molecule has 0 fully saturated rings. The van der Waals surface area contributed by atoms with Crippen LogP contribution in [0.15, 0.2) is 133 Å². The van der Waals surface area contributed by atoms with Crippen molar-refractivity contribution in [3.05, 3.63) is 133 Å². The number of nitrogens with zero attached hydrogens (tertiary/aromatic N) is 4. The van der Waals surface area contributed by atoms with Gasteiger partial charge in [0.05, 0.1) is 10.2 Å². The summed E-state index contributed by atoms with van der Waals surface area (Å²) >= 11 is 1.68. The van der Waals surface area contributed by atoms with Crippen LogP contribution in [0, 0.1) is 0 Å². The van der Waals surface area contributed by atoms with Gasteiger partial charge in [0.15, 0.2) is 17.5 Å². The van der Waals surface area contributed by atoms with Gasteiger partial charge >= 0.3 is 0 Å². The summed E-state index contributed by atoms with van der Waals surface area (Å²) in [5, 5.41) is 1.00. The molecule has 4 nitrogen and oxygen atoms in total. The number of benzene rings is 5. The molecule has 0 aliphatic carbocycles. The van der Waals surface area contributed by atoms with E-state index in [0.717, 1.165) is 43.0 Å². The van der Waals surface area contributed by atoms with Gasteiger partial charge in [0.1, 0.15) is 5.01 Å². The first kappa shape index (κ1) is 23.1. The van der Waals surface area contributed by atoms with Crippen LogP contribution in [-0.2, 0) is 0 Å². The molecule has 0 amide bonds. The fourth-order valence-corrected chi connectivity index (χ4v) is 5.57. The fourth-order valence-electron chi connectivity index (χ4n) is 4.56. The summed E-state index contributed by atoms with van der Waals surface area (Å²) in [6.07, 6.45) is 0. The highest BCUT2D eigenvalue weighted by atomic mass is 32.1. The van der Waals surface area contributed by atoms with Crippen molar-refractivity contribution in [2.24, 2.45) is 0 Å². The van der Waals surface area contributed by atoms with E-state index in [9.17, 15) is 0 Å². The van der Waals surface area contributed by atoms with Gasteiger partial charge in [0.2, 0.25) is 0 Å². The third kappa shape index (κ3) is 4.72. The molecule has 2 aromatic heterocycles. The van der Waals surface area contributed by atoms with E-state index in [1.165, 1.54) is 5.56 Å². The van der Waals surface area contributed by atoms with Crippen LogP contribution < -0.4 is 0 Å². The summed E-state index contributed by atoms with van der Waals surface area (Å²) < 4.78 is 1.10. The molecule has 7 rings (SSSR count). The Balaban J connectivity index is 1.32. The van der Waals surface area contributed by atoms with E-state index in [1.807, 2.05) is 66.7 Å². The zero-order chi connectivity index (χ0) is 26.0. The van der Waals surface area contributed by atoms with Crippen molar-refractivity contribution < 1.29 is 0 Å². The van der Waals surface area contributed by atoms with Crippen molar-refractivity contribution in [3.63, 3.8) is 0 Å². The van der Waals surface area contributed by atoms with Gasteiger partial charge in [0.25, 0.3) is 0 Å². The van der Waals surface area contributed by atoms with Crippen molar-refractivity contribution in [2.75, 3.05) is 0 Å². The Morgan fingerprint density at radius 1 is 0.359 bits per heavy atom. The van der Waals surface area contributed by atoms with Gasteiger partial charge in [-0.25, -0.2) is 19.9 Å². The van der Waals surface area contributed by atoms with Gasteiger partial charge < -0.3 is 0 Å². The number of fused-ring (bicyclic) bond motifs is 1. The average Bonchev–Trinajstić information content (AvgIpc) is 3.46. The van der Waals surface area contributed by atoms with E-state index in [0.29, 0.717) is 17.5 Å². The third-order valence-electron chi connectivity index (χ3n) is 6.58. The van der Waals surface area contributed by atoms with Crippen molar-refractivity contribution >= 4 is 21.6 Å². The van der Waals surface area contributed by atoms with Crippen molar-refractivity contribution in [1.29, 1.82) is 0 Å². The second-order valence-corrected chi connectivity index (χ2v) is 10.2. The Bertz CT molecular complexity index is 1880. The normalized spacial score (nSPS) is 11.1. The van der Waals surface area contributed by atoms with Gasteiger partial charge in [-0.2, -0.15) is 0 Å². The van der Waals surface area contributed by atoms with E-state index in [4.69, 9.17) is 19.9 Å². The first-order valence-electron chi connectivity index (χ1n) is 12.7. The molecular formula is C34H22N4S. The lowest BCUT2D eigenvalue weighted by Crippen LogP contribution is -2.00. The molecule has 0 aliphatic rings. The van der Waals surface area contributed by atoms with Crippen LogP contribution in [0.4, 0.5) is 0 Å². The van der Waals surface area contributed by atoms with Gasteiger partial charge in [-0.05, 0) is 29.3 Å². The maximum Gasteiger partial charge on any atom is 0.164 e. The molecule has 0 unspecified atom stereocenters. The summed E-state index contributed by atoms with van der Waals surface area (Å²) in [5.41, 5.74) is 7.26. The highest BCUT2D eigenvalue weighted by Gasteiger charge is 2.14. The molecule has 0 radical (unpaired) electrons. The van der Waals surface area contributed by atoms with Crippen molar-refractivity contribution in [2.45, 2.75) is 0 Å². The molecule has 0 aliphatic heterocycles. The summed E-state index contributed by atoms with van der Waals surface area (Å²) in [6, 6.07) is 45.3. The molecular weight excluding hydrogens is 496 g/mol. The van der Waals surface area contributed by atoms with Crippen LogP contribution in [0.3, 0.4) is 0 Å². The van der Waals surface area contributed by atoms with Gasteiger partial charge in [-0.3, -0.25) is 0 Å². The standard InChI is InChI=1S/C34H22N4S/c1-4-10-23(11-5-1)24-16-18-26(19-17-24)32-36-31(25-12-6-2-7-13-25)37-33(38-32)28-20-21-29-30(22-28)39-34(35-29)27-14-8-3-9-15-27/h1-22H. The highest BCUT2D eigenvalue weighted by molar-refractivity contribution is 7.21. The molecule has 0 saturated carbocycles. The third-order valence-corrected chi connectivity index (χ3v) is 7.65. The Morgan fingerprint density at radius 2 is 0.795 bits per heavy atom. The van der Waals surface area contributed by atoms with Crippen molar-refractivity contribution in [1.82, 2.24) is 19.9 Å². The molecule has 7 aromatic rings. The maximum absolute atomic E-state index is 4.94. The van der Waals surface area contributed by atoms with Gasteiger partial charge in [-0.1, -0.05) is 115 Å². The minimum Gasteiger partial charge on any atom is -0.236 e.